The molecule has 0 unspecified atom stereocenters. The molecule has 3 N–H and O–H groups in total. The van der Waals surface area contributed by atoms with Crippen molar-refractivity contribution in [1.82, 2.24) is 4.98 Å². The molecule has 108 valence electrons. The number of sulfonamides is 1. The van der Waals surface area contributed by atoms with E-state index in [4.69, 9.17) is 9.88 Å². The maximum atomic E-state index is 11.8. The first-order chi connectivity index (χ1) is 10.0. The lowest BCUT2D eigenvalue weighted by Gasteiger charge is -2.11. The number of primary sulfonamides is 1. The van der Waals surface area contributed by atoms with Gasteiger partial charge in [0.1, 0.15) is 5.75 Å². The van der Waals surface area contributed by atoms with Gasteiger partial charge in [0.05, 0.1) is 17.5 Å². The molecule has 3 aromatic rings. The third-order valence-corrected chi connectivity index (χ3v) is 4.32. The molecule has 2 aromatic carbocycles. The van der Waals surface area contributed by atoms with Gasteiger partial charge in [-0.15, -0.1) is 0 Å². The molecule has 21 heavy (non-hydrogen) atoms. The number of fused-ring (bicyclic) bond motifs is 1. The van der Waals surface area contributed by atoms with E-state index in [0.29, 0.717) is 11.3 Å². The van der Waals surface area contributed by atoms with E-state index in [0.717, 1.165) is 16.5 Å². The van der Waals surface area contributed by atoms with Gasteiger partial charge in [-0.2, -0.15) is 0 Å². The molecule has 3 rings (SSSR count). The molecule has 0 saturated heterocycles. The van der Waals surface area contributed by atoms with Crippen molar-refractivity contribution < 1.29 is 13.2 Å². The van der Waals surface area contributed by atoms with E-state index in [-0.39, 0.29) is 4.90 Å². The summed E-state index contributed by atoms with van der Waals surface area (Å²) in [5, 5.41) is 6.25. The van der Waals surface area contributed by atoms with Gasteiger partial charge in [-0.1, -0.05) is 18.2 Å². The highest BCUT2D eigenvalue weighted by atomic mass is 32.2. The first-order valence-electron chi connectivity index (χ1n) is 6.28. The van der Waals surface area contributed by atoms with Gasteiger partial charge in [-0.05, 0) is 24.3 Å². The van der Waals surface area contributed by atoms with Crippen molar-refractivity contribution in [1.29, 1.82) is 0 Å². The summed E-state index contributed by atoms with van der Waals surface area (Å²) in [5.41, 5.74) is 2.12. The number of nitrogens with one attached hydrogen (secondary N) is 1. The number of nitrogens with two attached hydrogens (primary N) is 1. The minimum atomic E-state index is -3.81. The normalized spacial score (nSPS) is 11.7. The van der Waals surface area contributed by atoms with Gasteiger partial charge in [0.25, 0.3) is 0 Å². The molecule has 0 amide bonds. The van der Waals surface area contributed by atoms with Crippen molar-refractivity contribution in [3.8, 4) is 16.9 Å². The van der Waals surface area contributed by atoms with E-state index in [9.17, 15) is 8.42 Å². The summed E-state index contributed by atoms with van der Waals surface area (Å²) in [7, 11) is -2.24. The number of aromatic nitrogens is 1. The molecule has 0 saturated carbocycles. The Balaban J connectivity index is 2.38. The quantitative estimate of drug-likeness (QED) is 0.779. The van der Waals surface area contributed by atoms with Crippen molar-refractivity contribution in [2.24, 2.45) is 5.14 Å². The van der Waals surface area contributed by atoms with Crippen molar-refractivity contribution in [2.45, 2.75) is 4.90 Å². The Labute approximate surface area is 122 Å². The highest BCUT2D eigenvalue weighted by Gasteiger charge is 2.17. The lowest BCUT2D eigenvalue weighted by Crippen LogP contribution is -2.13. The maximum Gasteiger partial charge on any atom is 0.238 e. The number of hydrogen-bond acceptors (Lipinski definition) is 3. The van der Waals surface area contributed by atoms with Crippen molar-refractivity contribution >= 4 is 20.9 Å². The van der Waals surface area contributed by atoms with E-state index >= 15 is 0 Å². The van der Waals surface area contributed by atoms with E-state index in [1.54, 1.807) is 37.6 Å². The Bertz CT molecular complexity index is 914. The number of H-pyrrole nitrogens is 1. The van der Waals surface area contributed by atoms with Crippen LogP contribution < -0.4 is 9.88 Å². The number of rotatable bonds is 3. The molecule has 0 fully saturated rings. The zero-order valence-electron chi connectivity index (χ0n) is 11.3. The van der Waals surface area contributed by atoms with Crippen molar-refractivity contribution in [3.63, 3.8) is 0 Å². The van der Waals surface area contributed by atoms with Gasteiger partial charge in [0.2, 0.25) is 10.0 Å². The molecule has 0 bridgehead atoms. The van der Waals surface area contributed by atoms with Crippen LogP contribution in [0.4, 0.5) is 0 Å². The van der Waals surface area contributed by atoms with Gasteiger partial charge >= 0.3 is 0 Å². The maximum absolute atomic E-state index is 11.8. The Morgan fingerprint density at radius 3 is 2.57 bits per heavy atom. The van der Waals surface area contributed by atoms with Crippen LogP contribution in [0.2, 0.25) is 0 Å². The Hall–Kier alpha value is -2.31. The molecule has 5 nitrogen and oxygen atoms in total. The largest absolute Gasteiger partial charge is 0.497 e. The Morgan fingerprint density at radius 2 is 1.86 bits per heavy atom. The highest BCUT2D eigenvalue weighted by Crippen LogP contribution is 2.35. The summed E-state index contributed by atoms with van der Waals surface area (Å²) in [6.45, 7) is 0. The summed E-state index contributed by atoms with van der Waals surface area (Å²) in [4.78, 5) is 3.22. The minimum absolute atomic E-state index is 0.0918. The highest BCUT2D eigenvalue weighted by molar-refractivity contribution is 7.89. The predicted octanol–water partition coefficient (Wildman–Crippen LogP) is 2.49. The molecule has 0 radical (unpaired) electrons. The van der Waals surface area contributed by atoms with Crippen LogP contribution >= 0.6 is 0 Å². The van der Waals surface area contributed by atoms with E-state index < -0.39 is 10.0 Å². The van der Waals surface area contributed by atoms with Crippen LogP contribution in [0.15, 0.2) is 53.6 Å². The van der Waals surface area contributed by atoms with Gasteiger partial charge in [0, 0.05) is 22.7 Å². The monoisotopic (exact) mass is 302 g/mol. The van der Waals surface area contributed by atoms with Crippen LogP contribution in [0.25, 0.3) is 22.0 Å². The summed E-state index contributed by atoms with van der Waals surface area (Å²) in [6.07, 6.45) is 1.80. The average Bonchev–Trinajstić information content (AvgIpc) is 2.93. The number of methoxy groups -OCH3 is 1. The summed E-state index contributed by atoms with van der Waals surface area (Å²) in [6, 6.07) is 12.2. The third-order valence-electron chi connectivity index (χ3n) is 3.35. The molecule has 0 spiro atoms. The second kappa shape index (κ2) is 4.91. The van der Waals surface area contributed by atoms with Gasteiger partial charge in [-0.3, -0.25) is 0 Å². The summed E-state index contributed by atoms with van der Waals surface area (Å²) in [5.74, 6) is 0.654. The van der Waals surface area contributed by atoms with E-state index in [1.807, 2.05) is 12.1 Å². The van der Waals surface area contributed by atoms with Crippen molar-refractivity contribution in [2.75, 3.05) is 7.11 Å². The van der Waals surface area contributed by atoms with Gasteiger partial charge < -0.3 is 9.72 Å². The molecule has 0 aliphatic heterocycles. The topological polar surface area (TPSA) is 85.2 Å². The van der Waals surface area contributed by atoms with Crippen molar-refractivity contribution in [3.05, 3.63) is 48.7 Å². The second-order valence-electron chi connectivity index (χ2n) is 4.66. The van der Waals surface area contributed by atoms with Gasteiger partial charge in [-0.25, -0.2) is 13.6 Å². The third kappa shape index (κ3) is 2.39. The molecular formula is C15H14N2O3S. The van der Waals surface area contributed by atoms with Crippen LogP contribution in [0.5, 0.6) is 5.75 Å². The second-order valence-corrected chi connectivity index (χ2v) is 6.19. The lowest BCUT2D eigenvalue weighted by atomic mass is 10.0. The number of hydrogen-bond donors (Lipinski definition) is 2. The fourth-order valence-electron chi connectivity index (χ4n) is 2.41. The van der Waals surface area contributed by atoms with E-state index in [2.05, 4.69) is 4.98 Å². The van der Waals surface area contributed by atoms with Crippen LogP contribution in [-0.2, 0) is 10.0 Å². The molecule has 0 atom stereocenters. The average molecular weight is 302 g/mol. The minimum Gasteiger partial charge on any atom is -0.497 e. The van der Waals surface area contributed by atoms with Crippen LogP contribution in [0, 0.1) is 0 Å². The van der Waals surface area contributed by atoms with Gasteiger partial charge in [0.15, 0.2) is 0 Å². The summed E-state index contributed by atoms with van der Waals surface area (Å²) >= 11 is 0. The molecular weight excluding hydrogens is 288 g/mol. The molecule has 6 heteroatoms. The summed E-state index contributed by atoms with van der Waals surface area (Å²) < 4.78 is 28.9. The number of benzene rings is 2. The number of aromatic amines is 1. The fraction of sp³-hybridized carbons (Fsp3) is 0.0667. The predicted molar refractivity (Wildman–Crippen MR) is 81.7 cm³/mol. The SMILES string of the molecule is COc1cc(-c2ccccc2S(N)(=O)=O)c2[nH]ccc2c1. The van der Waals surface area contributed by atoms with Crippen LogP contribution in [0.3, 0.4) is 0 Å². The molecule has 0 aliphatic rings. The zero-order valence-corrected chi connectivity index (χ0v) is 12.1. The Kier molecular flexibility index (Phi) is 3.19. The Morgan fingerprint density at radius 1 is 1.10 bits per heavy atom. The van der Waals surface area contributed by atoms with Crippen LogP contribution in [-0.4, -0.2) is 20.5 Å². The number of ether oxygens (including phenoxy) is 1. The molecule has 0 aliphatic carbocycles. The first kappa shape index (κ1) is 13.7. The van der Waals surface area contributed by atoms with E-state index in [1.165, 1.54) is 6.07 Å². The van der Waals surface area contributed by atoms with Crippen LogP contribution in [0.1, 0.15) is 0 Å². The molecule has 1 heterocycles. The first-order valence-corrected chi connectivity index (χ1v) is 7.82. The fourth-order valence-corrected chi connectivity index (χ4v) is 3.16. The molecule has 1 aromatic heterocycles. The zero-order chi connectivity index (χ0) is 15.0. The smallest absolute Gasteiger partial charge is 0.238 e. The standard InChI is InChI=1S/C15H14N2O3S/c1-20-11-8-10-6-7-17-15(10)13(9-11)12-4-2-3-5-14(12)21(16,18)19/h2-9,17H,1H3,(H2,16,18,19). The lowest BCUT2D eigenvalue weighted by molar-refractivity contribution is 0.415.